The Hall–Kier alpha value is -1.88. The number of nitrogens with zero attached hydrogens (tertiary/aromatic N) is 1. The van der Waals surface area contributed by atoms with Crippen LogP contribution in [-0.4, -0.2) is 5.78 Å². The fraction of sp³-hybridized carbons (Fsp3) is 0.600. The number of benzene rings is 1. The summed E-state index contributed by atoms with van der Waals surface area (Å²) in [4.78, 5) is 13.4. The molecule has 0 bridgehead atoms. The summed E-state index contributed by atoms with van der Waals surface area (Å²) in [6.45, 7) is 13.2. The van der Waals surface area contributed by atoms with E-state index in [1.807, 2.05) is 0 Å². The van der Waals surface area contributed by atoms with Gasteiger partial charge in [0.1, 0.15) is 6.07 Å². The number of fused-ring (bicyclic) bond motifs is 1. The lowest BCUT2D eigenvalue weighted by Crippen LogP contribution is -2.31. The molecule has 0 N–H and O–H groups in total. The van der Waals surface area contributed by atoms with E-state index in [0.717, 1.165) is 43.2 Å². The van der Waals surface area contributed by atoms with Crippen LogP contribution in [0.1, 0.15) is 96.8 Å². The van der Waals surface area contributed by atoms with E-state index in [0.29, 0.717) is 5.57 Å². The molecule has 2 heteroatoms. The number of Topliss-reactive ketones (excluding diaryl/α,β-unsaturated/α-hetero) is 1. The smallest absolute Gasteiger partial charge is 0.179 e. The summed E-state index contributed by atoms with van der Waals surface area (Å²) in [5.41, 5.74) is 4.73. The van der Waals surface area contributed by atoms with E-state index < -0.39 is 0 Å². The van der Waals surface area contributed by atoms with Gasteiger partial charge in [0.25, 0.3) is 0 Å². The number of hydrogen-bond donors (Lipinski definition) is 0. The highest BCUT2D eigenvalue weighted by Gasteiger charge is 2.41. The van der Waals surface area contributed by atoms with E-state index in [9.17, 15) is 10.1 Å². The fourth-order valence-corrected chi connectivity index (χ4v) is 4.81. The normalized spacial score (nSPS) is 22.7. The molecule has 0 unspecified atom stereocenters. The summed E-state index contributed by atoms with van der Waals surface area (Å²) >= 11 is 0. The highest BCUT2D eigenvalue weighted by Crippen LogP contribution is 2.49. The number of ketones is 1. The molecule has 0 spiro atoms. The first kappa shape index (κ1) is 19.9. The van der Waals surface area contributed by atoms with Crippen molar-refractivity contribution >= 4 is 11.4 Å². The Kier molecular flexibility index (Phi) is 4.87. The average molecular weight is 364 g/mol. The van der Waals surface area contributed by atoms with Gasteiger partial charge in [-0.25, -0.2) is 0 Å². The SMILES string of the molecule is CC1(C(=O)/C(C#N)=C2\CC(C)(C)c3cc(C(C)(C)C)ccc32)CCCCC1. The summed E-state index contributed by atoms with van der Waals surface area (Å²) < 4.78 is 0. The maximum Gasteiger partial charge on any atom is 0.179 e. The van der Waals surface area contributed by atoms with E-state index in [2.05, 4.69) is 65.8 Å². The summed E-state index contributed by atoms with van der Waals surface area (Å²) in [5.74, 6) is 0.0725. The molecular formula is C25H33NO. The lowest BCUT2D eigenvalue weighted by atomic mass is 9.70. The van der Waals surface area contributed by atoms with E-state index in [1.165, 1.54) is 17.5 Å². The van der Waals surface area contributed by atoms with Crippen LogP contribution >= 0.6 is 0 Å². The molecule has 0 heterocycles. The highest BCUT2D eigenvalue weighted by molar-refractivity contribution is 6.10. The Morgan fingerprint density at radius 1 is 1.07 bits per heavy atom. The molecule has 0 aliphatic heterocycles. The zero-order valence-electron chi connectivity index (χ0n) is 17.8. The predicted molar refractivity (Wildman–Crippen MR) is 112 cm³/mol. The van der Waals surface area contributed by atoms with Crippen molar-refractivity contribution in [3.05, 3.63) is 40.5 Å². The zero-order chi connectivity index (χ0) is 20.0. The number of hydrogen-bond acceptors (Lipinski definition) is 2. The topological polar surface area (TPSA) is 40.9 Å². The van der Waals surface area contributed by atoms with Crippen molar-refractivity contribution in [2.75, 3.05) is 0 Å². The molecule has 1 fully saturated rings. The van der Waals surface area contributed by atoms with Crippen LogP contribution in [0.25, 0.3) is 5.57 Å². The van der Waals surface area contributed by atoms with E-state index >= 15 is 0 Å². The monoisotopic (exact) mass is 363 g/mol. The van der Waals surface area contributed by atoms with Gasteiger partial charge in [-0.3, -0.25) is 4.79 Å². The lowest BCUT2D eigenvalue weighted by Gasteiger charge is -2.32. The van der Waals surface area contributed by atoms with Gasteiger partial charge in [-0.2, -0.15) is 5.26 Å². The highest BCUT2D eigenvalue weighted by atomic mass is 16.1. The van der Waals surface area contributed by atoms with Gasteiger partial charge in [0.05, 0.1) is 5.57 Å². The average Bonchev–Trinajstić information content (AvgIpc) is 2.86. The second kappa shape index (κ2) is 6.62. The molecular weight excluding hydrogens is 330 g/mol. The van der Waals surface area contributed by atoms with Crippen LogP contribution in [0, 0.1) is 16.7 Å². The van der Waals surface area contributed by atoms with Gasteiger partial charge in [0.15, 0.2) is 5.78 Å². The first-order chi connectivity index (χ1) is 12.5. The number of carbonyl (C=O) groups excluding carboxylic acids is 1. The molecule has 144 valence electrons. The molecule has 2 nitrogen and oxygen atoms in total. The second-order valence-electron chi connectivity index (χ2n) is 10.5. The molecule has 3 rings (SSSR count). The van der Waals surface area contributed by atoms with Crippen LogP contribution in [-0.2, 0) is 15.6 Å². The zero-order valence-corrected chi connectivity index (χ0v) is 17.8. The number of allylic oxidation sites excluding steroid dienone is 2. The largest absolute Gasteiger partial charge is 0.293 e. The second-order valence-corrected chi connectivity index (χ2v) is 10.5. The molecule has 0 aromatic heterocycles. The lowest BCUT2D eigenvalue weighted by molar-refractivity contribution is -0.125. The molecule has 1 saturated carbocycles. The van der Waals surface area contributed by atoms with Crippen molar-refractivity contribution in [2.24, 2.45) is 5.41 Å². The van der Waals surface area contributed by atoms with Crippen LogP contribution < -0.4 is 0 Å². The minimum absolute atomic E-state index is 0.0538. The fourth-order valence-electron chi connectivity index (χ4n) is 4.81. The molecule has 0 radical (unpaired) electrons. The van der Waals surface area contributed by atoms with Gasteiger partial charge in [-0.15, -0.1) is 0 Å². The van der Waals surface area contributed by atoms with E-state index in [-0.39, 0.29) is 22.0 Å². The predicted octanol–water partition coefficient (Wildman–Crippen LogP) is 6.48. The van der Waals surface area contributed by atoms with Crippen LogP contribution in [0.15, 0.2) is 23.8 Å². The van der Waals surface area contributed by atoms with Gasteiger partial charge < -0.3 is 0 Å². The van der Waals surface area contributed by atoms with Gasteiger partial charge >= 0.3 is 0 Å². The molecule has 27 heavy (non-hydrogen) atoms. The summed E-state index contributed by atoms with van der Waals surface area (Å²) in [5, 5.41) is 9.95. The number of carbonyl (C=O) groups is 1. The van der Waals surface area contributed by atoms with Crippen LogP contribution in [0.3, 0.4) is 0 Å². The summed E-state index contributed by atoms with van der Waals surface area (Å²) in [6.07, 6.45) is 5.96. The third-order valence-electron chi connectivity index (χ3n) is 6.70. The standard InChI is InChI=1S/C25H33NO/c1-23(2,3)17-10-11-18-19(15-24(4,5)21(18)14-17)20(16-26)22(27)25(6)12-8-7-9-13-25/h10-11,14H,7-9,12-13,15H2,1-6H3/b20-19+. The van der Waals surface area contributed by atoms with Crippen molar-refractivity contribution in [2.45, 2.75) is 90.9 Å². The number of rotatable bonds is 2. The Labute approximate surface area is 164 Å². The van der Waals surface area contributed by atoms with Crippen LogP contribution in [0.5, 0.6) is 0 Å². The molecule has 0 amide bonds. The van der Waals surface area contributed by atoms with Gasteiger partial charge in [0.2, 0.25) is 0 Å². The molecule has 2 aliphatic carbocycles. The van der Waals surface area contributed by atoms with Crippen molar-refractivity contribution in [1.82, 2.24) is 0 Å². The first-order valence-corrected chi connectivity index (χ1v) is 10.3. The minimum Gasteiger partial charge on any atom is -0.293 e. The Morgan fingerprint density at radius 3 is 2.26 bits per heavy atom. The number of nitriles is 1. The van der Waals surface area contributed by atoms with Crippen molar-refractivity contribution in [1.29, 1.82) is 5.26 Å². The molecule has 1 aromatic rings. The first-order valence-electron chi connectivity index (χ1n) is 10.3. The molecule has 0 atom stereocenters. The molecule has 2 aliphatic rings. The molecule has 1 aromatic carbocycles. The summed E-state index contributed by atoms with van der Waals surface area (Å²) in [6, 6.07) is 8.93. The maximum absolute atomic E-state index is 13.4. The van der Waals surface area contributed by atoms with E-state index in [4.69, 9.17) is 0 Å². The van der Waals surface area contributed by atoms with Gasteiger partial charge in [0, 0.05) is 5.41 Å². The van der Waals surface area contributed by atoms with E-state index in [1.54, 1.807) is 0 Å². The van der Waals surface area contributed by atoms with Crippen molar-refractivity contribution in [3.63, 3.8) is 0 Å². The quantitative estimate of drug-likeness (QED) is 0.445. The van der Waals surface area contributed by atoms with Crippen LogP contribution in [0.2, 0.25) is 0 Å². The Balaban J connectivity index is 2.12. The maximum atomic E-state index is 13.4. The third kappa shape index (κ3) is 3.49. The minimum atomic E-state index is -0.367. The Bertz CT molecular complexity index is 836. The third-order valence-corrected chi connectivity index (χ3v) is 6.70. The Morgan fingerprint density at radius 2 is 1.70 bits per heavy atom. The van der Waals surface area contributed by atoms with Crippen molar-refractivity contribution in [3.8, 4) is 6.07 Å². The van der Waals surface area contributed by atoms with Gasteiger partial charge in [-0.05, 0) is 52.4 Å². The van der Waals surface area contributed by atoms with Crippen molar-refractivity contribution < 1.29 is 4.79 Å². The summed E-state index contributed by atoms with van der Waals surface area (Å²) in [7, 11) is 0. The van der Waals surface area contributed by atoms with Gasteiger partial charge in [-0.1, -0.05) is 79.0 Å². The molecule has 0 saturated heterocycles. The van der Waals surface area contributed by atoms with Crippen LogP contribution in [0.4, 0.5) is 0 Å².